The molecule has 0 radical (unpaired) electrons. The van der Waals surface area contributed by atoms with E-state index in [0.29, 0.717) is 24.0 Å². The van der Waals surface area contributed by atoms with Crippen LogP contribution in [0.1, 0.15) is 26.7 Å². The van der Waals surface area contributed by atoms with Gasteiger partial charge in [0.05, 0.1) is 0 Å². The molecule has 0 unspecified atom stereocenters. The molecule has 0 spiro atoms. The minimum atomic E-state index is -3.59. The monoisotopic (exact) mass is 311 g/mol. The van der Waals surface area contributed by atoms with Crippen LogP contribution in [0.5, 0.6) is 0 Å². The van der Waals surface area contributed by atoms with Gasteiger partial charge in [-0.2, -0.15) is 0 Å². The third kappa shape index (κ3) is 3.81. The average molecular weight is 311 g/mol. The summed E-state index contributed by atoms with van der Waals surface area (Å²) in [7, 11) is -3.59. The van der Waals surface area contributed by atoms with E-state index in [9.17, 15) is 8.42 Å². The number of aromatic amines is 1. The van der Waals surface area contributed by atoms with Gasteiger partial charge in [-0.15, -0.1) is 0 Å². The molecule has 0 saturated carbocycles. The second-order valence-electron chi connectivity index (χ2n) is 5.87. The van der Waals surface area contributed by atoms with Gasteiger partial charge in [-0.25, -0.2) is 18.1 Å². The zero-order valence-electron chi connectivity index (χ0n) is 12.3. The Balaban J connectivity index is 2.16. The molecule has 116 valence electrons. The van der Waals surface area contributed by atoms with Crippen LogP contribution in [0.25, 0.3) is 11.0 Å². The first kappa shape index (κ1) is 15.9. The highest BCUT2D eigenvalue weighted by molar-refractivity contribution is 7.89. The van der Waals surface area contributed by atoms with Gasteiger partial charge in [0.1, 0.15) is 10.5 Å². The molecule has 0 atom stereocenters. The number of pyridine rings is 1. The molecule has 0 amide bonds. The predicted octanol–water partition coefficient (Wildman–Crippen LogP) is 1.64. The van der Waals surface area contributed by atoms with Crippen molar-refractivity contribution in [3.63, 3.8) is 0 Å². The standard InChI is InChI=1S/C14H21N3O3S/c1-14(2,6-4-8-18)10-17-21(19,20)12-9-16-13-11(12)5-3-7-15-13/h3,5,7,9,17-18H,4,6,8,10H2,1-2H3,(H,15,16). The molecule has 2 aromatic heterocycles. The van der Waals surface area contributed by atoms with Gasteiger partial charge in [0.15, 0.2) is 0 Å². The Morgan fingerprint density at radius 3 is 2.90 bits per heavy atom. The number of aromatic nitrogens is 2. The molecular formula is C14H21N3O3S. The molecular weight excluding hydrogens is 290 g/mol. The van der Waals surface area contributed by atoms with Gasteiger partial charge in [0, 0.05) is 30.9 Å². The van der Waals surface area contributed by atoms with Crippen LogP contribution < -0.4 is 4.72 Å². The molecule has 0 saturated heterocycles. The van der Waals surface area contributed by atoms with E-state index < -0.39 is 10.0 Å². The smallest absolute Gasteiger partial charge is 0.242 e. The fraction of sp³-hybridized carbons (Fsp3) is 0.500. The van der Waals surface area contributed by atoms with Crippen LogP contribution in [-0.4, -0.2) is 36.6 Å². The van der Waals surface area contributed by atoms with E-state index in [2.05, 4.69) is 14.7 Å². The van der Waals surface area contributed by atoms with Gasteiger partial charge in [-0.1, -0.05) is 13.8 Å². The van der Waals surface area contributed by atoms with Gasteiger partial charge in [0.25, 0.3) is 0 Å². The molecule has 3 N–H and O–H groups in total. The second kappa shape index (κ2) is 6.13. The first-order valence-corrected chi connectivity index (χ1v) is 8.37. The van der Waals surface area contributed by atoms with Crippen LogP contribution in [0.15, 0.2) is 29.4 Å². The van der Waals surface area contributed by atoms with Gasteiger partial charge >= 0.3 is 0 Å². The minimum absolute atomic E-state index is 0.115. The summed E-state index contributed by atoms with van der Waals surface area (Å²) in [5.41, 5.74) is 0.345. The topological polar surface area (TPSA) is 95.1 Å². The molecule has 0 aliphatic heterocycles. The lowest BCUT2D eigenvalue weighted by Crippen LogP contribution is -2.34. The Kier molecular flexibility index (Phi) is 4.65. The highest BCUT2D eigenvalue weighted by Gasteiger charge is 2.24. The number of nitrogens with one attached hydrogen (secondary N) is 2. The van der Waals surface area contributed by atoms with Crippen LogP contribution in [0.3, 0.4) is 0 Å². The fourth-order valence-corrected chi connectivity index (χ4v) is 3.57. The Hall–Kier alpha value is -1.44. The lowest BCUT2D eigenvalue weighted by atomic mass is 9.88. The number of nitrogens with zero attached hydrogens (tertiary/aromatic N) is 1. The SMILES string of the molecule is CC(C)(CCCO)CNS(=O)(=O)c1c[nH]c2ncccc12. The number of fused-ring (bicyclic) bond motifs is 1. The molecule has 7 heteroatoms. The van der Waals surface area contributed by atoms with E-state index in [1.54, 1.807) is 18.3 Å². The first-order valence-electron chi connectivity index (χ1n) is 6.88. The average Bonchev–Trinajstić information content (AvgIpc) is 2.88. The van der Waals surface area contributed by atoms with E-state index in [-0.39, 0.29) is 16.9 Å². The molecule has 0 fully saturated rings. The second-order valence-corrected chi connectivity index (χ2v) is 7.60. The van der Waals surface area contributed by atoms with E-state index in [1.165, 1.54) is 6.20 Å². The summed E-state index contributed by atoms with van der Waals surface area (Å²) < 4.78 is 27.5. The molecule has 2 rings (SSSR count). The maximum Gasteiger partial charge on any atom is 0.242 e. The number of rotatable bonds is 7. The molecule has 21 heavy (non-hydrogen) atoms. The van der Waals surface area contributed by atoms with Gasteiger partial charge < -0.3 is 10.1 Å². The number of aliphatic hydroxyl groups excluding tert-OH is 1. The quantitative estimate of drug-likeness (QED) is 0.724. The molecule has 2 aromatic rings. The summed E-state index contributed by atoms with van der Waals surface area (Å²) in [6.45, 7) is 4.39. The molecule has 2 heterocycles. The van der Waals surface area contributed by atoms with E-state index in [0.717, 1.165) is 6.42 Å². The largest absolute Gasteiger partial charge is 0.396 e. The minimum Gasteiger partial charge on any atom is -0.396 e. The van der Waals surface area contributed by atoms with Gasteiger partial charge in [-0.05, 0) is 30.4 Å². The van der Waals surface area contributed by atoms with E-state index >= 15 is 0 Å². The van der Waals surface area contributed by atoms with Crippen molar-refractivity contribution in [1.29, 1.82) is 0 Å². The van der Waals surface area contributed by atoms with E-state index in [4.69, 9.17) is 5.11 Å². The van der Waals surface area contributed by atoms with Crippen LogP contribution in [0.2, 0.25) is 0 Å². The normalized spacial score (nSPS) is 12.9. The van der Waals surface area contributed by atoms with Crippen molar-refractivity contribution in [1.82, 2.24) is 14.7 Å². The van der Waals surface area contributed by atoms with Crippen LogP contribution in [0, 0.1) is 5.41 Å². The third-order valence-corrected chi connectivity index (χ3v) is 4.90. The number of hydrogen-bond acceptors (Lipinski definition) is 4. The molecule has 0 aromatic carbocycles. The number of sulfonamides is 1. The van der Waals surface area contributed by atoms with Gasteiger partial charge in [0.2, 0.25) is 10.0 Å². The summed E-state index contributed by atoms with van der Waals surface area (Å²) in [5.74, 6) is 0. The molecule has 0 aliphatic carbocycles. The zero-order valence-corrected chi connectivity index (χ0v) is 13.1. The lowest BCUT2D eigenvalue weighted by molar-refractivity contribution is 0.242. The maximum absolute atomic E-state index is 12.4. The van der Waals surface area contributed by atoms with Crippen LogP contribution >= 0.6 is 0 Å². The lowest BCUT2D eigenvalue weighted by Gasteiger charge is -2.24. The number of hydrogen-bond donors (Lipinski definition) is 3. The summed E-state index contributed by atoms with van der Waals surface area (Å²) >= 11 is 0. The van der Waals surface area contributed by atoms with Crippen LogP contribution in [-0.2, 0) is 10.0 Å². The van der Waals surface area contributed by atoms with Crippen molar-refractivity contribution in [2.45, 2.75) is 31.6 Å². The number of aliphatic hydroxyl groups is 1. The Bertz CT molecular complexity index is 707. The maximum atomic E-state index is 12.4. The third-order valence-electron chi connectivity index (χ3n) is 3.46. The van der Waals surface area contributed by atoms with Crippen molar-refractivity contribution < 1.29 is 13.5 Å². The number of H-pyrrole nitrogens is 1. The highest BCUT2D eigenvalue weighted by atomic mass is 32.2. The van der Waals surface area contributed by atoms with Crippen molar-refractivity contribution in [3.8, 4) is 0 Å². The van der Waals surface area contributed by atoms with Crippen molar-refractivity contribution in [2.75, 3.05) is 13.2 Å². The Morgan fingerprint density at radius 2 is 2.19 bits per heavy atom. The van der Waals surface area contributed by atoms with E-state index in [1.807, 2.05) is 13.8 Å². The first-order chi connectivity index (χ1) is 9.86. The van der Waals surface area contributed by atoms with Crippen molar-refractivity contribution in [3.05, 3.63) is 24.5 Å². The predicted molar refractivity (Wildman–Crippen MR) is 81.4 cm³/mol. The Labute approximate surface area is 124 Å². The highest BCUT2D eigenvalue weighted by Crippen LogP contribution is 2.24. The molecule has 0 aliphatic rings. The summed E-state index contributed by atoms with van der Waals surface area (Å²) in [5, 5.41) is 9.46. The fourth-order valence-electron chi connectivity index (χ4n) is 2.17. The van der Waals surface area contributed by atoms with Crippen LogP contribution in [0.4, 0.5) is 0 Å². The summed E-state index contributed by atoms with van der Waals surface area (Å²) in [6, 6.07) is 3.44. The zero-order chi connectivity index (χ0) is 15.5. The van der Waals surface area contributed by atoms with Gasteiger partial charge in [-0.3, -0.25) is 0 Å². The molecule has 6 nitrogen and oxygen atoms in total. The summed E-state index contributed by atoms with van der Waals surface area (Å²) in [4.78, 5) is 7.16. The van der Waals surface area contributed by atoms with Crippen molar-refractivity contribution >= 4 is 21.1 Å². The molecule has 0 bridgehead atoms. The van der Waals surface area contributed by atoms with Crippen molar-refractivity contribution in [2.24, 2.45) is 5.41 Å². The summed E-state index contributed by atoms with van der Waals surface area (Å²) in [6.07, 6.45) is 4.48. The Morgan fingerprint density at radius 1 is 1.43 bits per heavy atom.